The maximum absolute atomic E-state index is 13.0. The van der Waals surface area contributed by atoms with Crippen molar-refractivity contribution in [3.63, 3.8) is 0 Å². The maximum atomic E-state index is 13.0. The van der Waals surface area contributed by atoms with Gasteiger partial charge < -0.3 is 24.6 Å². The van der Waals surface area contributed by atoms with E-state index in [0.29, 0.717) is 41.0 Å². The Labute approximate surface area is 228 Å². The van der Waals surface area contributed by atoms with Crippen molar-refractivity contribution < 1.29 is 19.4 Å². The van der Waals surface area contributed by atoms with E-state index in [1.165, 1.54) is 7.11 Å². The van der Waals surface area contributed by atoms with E-state index in [9.17, 15) is 14.7 Å². The first-order chi connectivity index (χ1) is 18.7. The zero-order valence-corrected chi connectivity index (χ0v) is 22.9. The summed E-state index contributed by atoms with van der Waals surface area (Å²) in [5.41, 5.74) is 4.35. The number of ether oxygens (including phenoxy) is 1. The molecule has 0 aliphatic carbocycles. The number of hydrogen-bond donors (Lipinski definition) is 2. The monoisotopic (exact) mass is 526 g/mol. The molecule has 0 aliphatic heterocycles. The van der Waals surface area contributed by atoms with E-state index in [1.807, 2.05) is 87.4 Å². The number of aromatic nitrogens is 1. The second-order valence-corrected chi connectivity index (χ2v) is 9.85. The van der Waals surface area contributed by atoms with Gasteiger partial charge in [0.2, 0.25) is 5.91 Å². The van der Waals surface area contributed by atoms with E-state index in [1.54, 1.807) is 23.1 Å². The number of anilines is 1. The number of fused-ring (bicyclic) bond motifs is 1. The van der Waals surface area contributed by atoms with Crippen LogP contribution >= 0.6 is 0 Å². The van der Waals surface area contributed by atoms with Gasteiger partial charge in [-0.1, -0.05) is 36.4 Å². The van der Waals surface area contributed by atoms with Crippen LogP contribution in [0.3, 0.4) is 0 Å². The quantitative estimate of drug-likeness (QED) is 0.221. The van der Waals surface area contributed by atoms with Crippen molar-refractivity contribution in [2.75, 3.05) is 32.6 Å². The number of nitrogens with one attached hydrogen (secondary N) is 1. The molecule has 0 fully saturated rings. The summed E-state index contributed by atoms with van der Waals surface area (Å²) < 4.78 is 4.83. The Hall–Kier alpha value is -4.43. The molecule has 0 unspecified atom stereocenters. The number of carbonyl (C=O) groups excluding carboxylic acids is 2. The first-order valence-electron chi connectivity index (χ1n) is 12.8. The minimum atomic E-state index is -0.458. The molecule has 8 nitrogen and oxygen atoms in total. The lowest BCUT2D eigenvalue weighted by Crippen LogP contribution is -2.38. The fourth-order valence-electron chi connectivity index (χ4n) is 4.52. The number of esters is 1. The van der Waals surface area contributed by atoms with E-state index in [4.69, 9.17) is 9.73 Å². The van der Waals surface area contributed by atoms with Crippen molar-refractivity contribution in [1.29, 1.82) is 0 Å². The first kappa shape index (κ1) is 27.6. The molecular weight excluding hydrogens is 492 g/mol. The molecule has 3 aromatic carbocycles. The fourth-order valence-corrected chi connectivity index (χ4v) is 4.52. The third kappa shape index (κ3) is 6.18. The number of aromatic hydroxyl groups is 1. The molecule has 4 aromatic rings. The number of carbonyl (C=O) groups is 2. The average molecular weight is 527 g/mol. The van der Waals surface area contributed by atoms with E-state index < -0.39 is 5.97 Å². The molecule has 1 amide bonds. The van der Waals surface area contributed by atoms with Crippen LogP contribution in [0.25, 0.3) is 10.9 Å². The molecule has 202 valence electrons. The number of hydrogen-bond acceptors (Lipinski definition) is 6. The molecule has 0 spiro atoms. The molecule has 0 saturated heterocycles. The van der Waals surface area contributed by atoms with Gasteiger partial charge in [0.25, 0.3) is 0 Å². The number of amides is 1. The van der Waals surface area contributed by atoms with Gasteiger partial charge in [-0.15, -0.1) is 0 Å². The predicted molar refractivity (Wildman–Crippen MR) is 155 cm³/mol. The summed E-state index contributed by atoms with van der Waals surface area (Å²) in [5, 5.41) is 11.7. The van der Waals surface area contributed by atoms with Crippen molar-refractivity contribution in [2.24, 2.45) is 4.99 Å². The SMILES string of the molecule is COC(=O)c1ccc2c(C(=Nc3ccc(N(C(=O)CCN(C)C)C(C)C)cc3)c3ccccc3)c(O)[nH]c2c1. The number of nitrogens with zero attached hydrogens (tertiary/aromatic N) is 3. The molecular formula is C31H34N4O4. The smallest absolute Gasteiger partial charge is 0.337 e. The summed E-state index contributed by atoms with van der Waals surface area (Å²) in [6, 6.07) is 22.2. The minimum Gasteiger partial charge on any atom is -0.494 e. The Morgan fingerprint density at radius 2 is 1.67 bits per heavy atom. The highest BCUT2D eigenvalue weighted by Crippen LogP contribution is 2.33. The largest absolute Gasteiger partial charge is 0.494 e. The predicted octanol–water partition coefficient (Wildman–Crippen LogP) is 5.52. The van der Waals surface area contributed by atoms with Crippen LogP contribution in [-0.4, -0.2) is 66.4 Å². The zero-order chi connectivity index (χ0) is 28.1. The van der Waals surface area contributed by atoms with Gasteiger partial charge in [0.15, 0.2) is 5.88 Å². The molecule has 0 atom stereocenters. The van der Waals surface area contributed by atoms with Crippen molar-refractivity contribution >= 4 is 39.9 Å². The molecule has 1 heterocycles. The highest BCUT2D eigenvalue weighted by Gasteiger charge is 2.21. The van der Waals surface area contributed by atoms with Crippen molar-refractivity contribution in [3.8, 4) is 5.88 Å². The molecule has 2 N–H and O–H groups in total. The van der Waals surface area contributed by atoms with Crippen LogP contribution < -0.4 is 4.90 Å². The van der Waals surface area contributed by atoms with Crippen molar-refractivity contribution in [2.45, 2.75) is 26.3 Å². The van der Waals surface area contributed by atoms with Gasteiger partial charge in [-0.05, 0) is 64.3 Å². The lowest BCUT2D eigenvalue weighted by atomic mass is 10.00. The topological polar surface area (TPSA) is 98.2 Å². The van der Waals surface area contributed by atoms with E-state index in [0.717, 1.165) is 16.6 Å². The summed E-state index contributed by atoms with van der Waals surface area (Å²) in [6.07, 6.45) is 0.431. The molecule has 0 aliphatic rings. The normalized spacial score (nSPS) is 11.8. The van der Waals surface area contributed by atoms with E-state index in [2.05, 4.69) is 4.98 Å². The van der Waals surface area contributed by atoms with Gasteiger partial charge in [0.1, 0.15) is 0 Å². The highest BCUT2D eigenvalue weighted by molar-refractivity contribution is 6.22. The van der Waals surface area contributed by atoms with Crippen LogP contribution in [0.1, 0.15) is 41.8 Å². The number of aromatic amines is 1. The van der Waals surface area contributed by atoms with Crippen molar-refractivity contribution in [1.82, 2.24) is 9.88 Å². The molecule has 8 heteroatoms. The van der Waals surface area contributed by atoms with Crippen LogP contribution in [0.5, 0.6) is 5.88 Å². The van der Waals surface area contributed by atoms with Gasteiger partial charge in [-0.3, -0.25) is 4.79 Å². The van der Waals surface area contributed by atoms with Gasteiger partial charge >= 0.3 is 5.97 Å². The number of methoxy groups -OCH3 is 1. The molecule has 0 radical (unpaired) electrons. The standard InChI is InChI=1S/C31H34N4O4/c1-20(2)35(27(36)17-18-34(3)4)24-14-12-23(13-15-24)32-29(21-9-7-6-8-10-21)28-25-16-11-22(31(38)39-5)19-26(25)33-30(28)37/h6-16,19-20,33,37H,17-18H2,1-5H3. The summed E-state index contributed by atoms with van der Waals surface area (Å²) in [7, 11) is 5.23. The lowest BCUT2D eigenvalue weighted by Gasteiger charge is -2.27. The summed E-state index contributed by atoms with van der Waals surface area (Å²) in [5.74, 6) is -0.445. The van der Waals surface area contributed by atoms with Crippen LogP contribution in [-0.2, 0) is 9.53 Å². The Kier molecular flexibility index (Phi) is 8.46. The Morgan fingerprint density at radius 3 is 2.28 bits per heavy atom. The average Bonchev–Trinajstić information content (AvgIpc) is 3.25. The minimum absolute atomic E-state index is 0.00643. The van der Waals surface area contributed by atoms with Crippen LogP contribution in [0.15, 0.2) is 77.8 Å². The van der Waals surface area contributed by atoms with Gasteiger partial charge in [0.05, 0.1) is 29.6 Å². The first-order valence-corrected chi connectivity index (χ1v) is 12.8. The summed E-state index contributed by atoms with van der Waals surface area (Å²) in [6.45, 7) is 4.68. The van der Waals surface area contributed by atoms with Gasteiger partial charge in [-0.25, -0.2) is 9.79 Å². The molecule has 0 bridgehead atoms. The number of H-pyrrole nitrogens is 1. The van der Waals surface area contributed by atoms with E-state index >= 15 is 0 Å². The van der Waals surface area contributed by atoms with Gasteiger partial charge in [0, 0.05) is 41.2 Å². The summed E-state index contributed by atoms with van der Waals surface area (Å²) >= 11 is 0. The number of aliphatic imine (C=N–C) groups is 1. The zero-order valence-electron chi connectivity index (χ0n) is 22.9. The molecule has 39 heavy (non-hydrogen) atoms. The Bertz CT molecular complexity index is 1490. The Balaban J connectivity index is 1.76. The Morgan fingerprint density at radius 1 is 0.974 bits per heavy atom. The fraction of sp³-hybridized carbons (Fsp3) is 0.258. The van der Waals surface area contributed by atoms with Crippen LogP contribution in [0.4, 0.5) is 11.4 Å². The second-order valence-electron chi connectivity index (χ2n) is 9.85. The molecule has 1 aromatic heterocycles. The maximum Gasteiger partial charge on any atom is 0.337 e. The third-order valence-corrected chi connectivity index (χ3v) is 6.41. The third-order valence-electron chi connectivity index (χ3n) is 6.41. The summed E-state index contributed by atoms with van der Waals surface area (Å²) in [4.78, 5) is 36.7. The van der Waals surface area contributed by atoms with Crippen LogP contribution in [0, 0.1) is 0 Å². The van der Waals surface area contributed by atoms with Gasteiger partial charge in [-0.2, -0.15) is 0 Å². The second kappa shape index (κ2) is 12.0. The van der Waals surface area contributed by atoms with Crippen LogP contribution in [0.2, 0.25) is 0 Å². The van der Waals surface area contributed by atoms with E-state index in [-0.39, 0.29) is 17.8 Å². The highest BCUT2D eigenvalue weighted by atomic mass is 16.5. The van der Waals surface area contributed by atoms with Crippen molar-refractivity contribution in [3.05, 3.63) is 89.5 Å². The number of benzene rings is 3. The molecule has 0 saturated carbocycles. The lowest BCUT2D eigenvalue weighted by molar-refractivity contribution is -0.119. The molecule has 4 rings (SSSR count). The number of rotatable bonds is 9.